The van der Waals surface area contributed by atoms with Gasteiger partial charge in [0.15, 0.2) is 0 Å². The first kappa shape index (κ1) is 15.1. The van der Waals surface area contributed by atoms with E-state index in [-0.39, 0.29) is 0 Å². The molecule has 4 nitrogen and oxygen atoms in total. The molecule has 1 saturated heterocycles. The first-order valence-corrected chi connectivity index (χ1v) is 8.13. The van der Waals surface area contributed by atoms with Gasteiger partial charge in [-0.1, -0.05) is 11.6 Å². The van der Waals surface area contributed by atoms with E-state index in [9.17, 15) is 0 Å². The van der Waals surface area contributed by atoms with Gasteiger partial charge in [0.2, 0.25) is 0 Å². The molecule has 1 aliphatic heterocycles. The van der Waals surface area contributed by atoms with Crippen LogP contribution in [-0.4, -0.2) is 23.1 Å². The Hall–Kier alpha value is -1.81. The Labute approximate surface area is 136 Å². The lowest BCUT2D eigenvalue weighted by Gasteiger charge is -2.28. The zero-order chi connectivity index (χ0) is 15.5. The van der Waals surface area contributed by atoms with Crippen LogP contribution in [0.1, 0.15) is 30.7 Å². The van der Waals surface area contributed by atoms with Crippen LogP contribution < -0.4 is 10.2 Å². The summed E-state index contributed by atoms with van der Waals surface area (Å²) in [6.45, 7) is 6.13. The first-order valence-electron chi connectivity index (χ1n) is 7.75. The Balaban J connectivity index is 1.85. The zero-order valence-corrected chi connectivity index (χ0v) is 13.8. The minimum atomic E-state index is 0.746. The van der Waals surface area contributed by atoms with Crippen molar-refractivity contribution < 1.29 is 0 Å². The molecule has 0 saturated carbocycles. The van der Waals surface area contributed by atoms with Crippen molar-refractivity contribution in [1.29, 1.82) is 0 Å². The van der Waals surface area contributed by atoms with Crippen LogP contribution in [0.3, 0.4) is 0 Å². The largest absolute Gasteiger partial charge is 0.356 e. The normalized spacial score (nSPS) is 15.0. The lowest BCUT2D eigenvalue weighted by molar-refractivity contribution is 0.572. The average molecular weight is 317 g/mol. The van der Waals surface area contributed by atoms with Gasteiger partial charge in [-0.15, -0.1) is 0 Å². The molecule has 1 N–H and O–H groups in total. The molecular formula is C17H21ClN4. The summed E-state index contributed by atoms with van der Waals surface area (Å²) in [7, 11) is 0. The molecule has 0 atom stereocenters. The van der Waals surface area contributed by atoms with Gasteiger partial charge in [-0.3, -0.25) is 0 Å². The number of aryl methyl sites for hydroxylation is 2. The van der Waals surface area contributed by atoms with Gasteiger partial charge in [0.25, 0.3) is 0 Å². The molecule has 2 aromatic rings. The Morgan fingerprint density at radius 3 is 2.55 bits per heavy atom. The average Bonchev–Trinajstić information content (AvgIpc) is 2.50. The smallest absolute Gasteiger partial charge is 0.136 e. The van der Waals surface area contributed by atoms with Crippen LogP contribution in [0.2, 0.25) is 5.02 Å². The van der Waals surface area contributed by atoms with E-state index in [1.807, 2.05) is 38.1 Å². The van der Waals surface area contributed by atoms with E-state index < -0.39 is 0 Å². The number of benzene rings is 1. The zero-order valence-electron chi connectivity index (χ0n) is 13.1. The first-order chi connectivity index (χ1) is 10.6. The molecule has 1 aromatic carbocycles. The van der Waals surface area contributed by atoms with Crippen LogP contribution >= 0.6 is 11.6 Å². The van der Waals surface area contributed by atoms with Crippen LogP contribution in [-0.2, 0) is 0 Å². The molecule has 0 aliphatic carbocycles. The second-order valence-corrected chi connectivity index (χ2v) is 6.23. The predicted molar refractivity (Wildman–Crippen MR) is 92.3 cm³/mol. The molecular weight excluding hydrogens is 296 g/mol. The summed E-state index contributed by atoms with van der Waals surface area (Å²) in [6.07, 6.45) is 3.79. The molecule has 0 unspecified atom stereocenters. The Bertz CT molecular complexity index is 666. The highest BCUT2D eigenvalue weighted by Gasteiger charge is 2.14. The monoisotopic (exact) mass is 316 g/mol. The van der Waals surface area contributed by atoms with Crippen molar-refractivity contribution in [2.75, 3.05) is 23.3 Å². The maximum Gasteiger partial charge on any atom is 0.136 e. The summed E-state index contributed by atoms with van der Waals surface area (Å²) in [5, 5.41) is 4.13. The summed E-state index contributed by atoms with van der Waals surface area (Å²) >= 11 is 6.01. The number of hydrogen-bond acceptors (Lipinski definition) is 4. The SMILES string of the molecule is Cc1nc(Nc2ccc(Cl)cc2C)cc(N2CCCCC2)n1. The molecule has 0 bridgehead atoms. The quantitative estimate of drug-likeness (QED) is 0.906. The third-order valence-corrected chi connectivity index (χ3v) is 4.19. The number of piperidine rings is 1. The van der Waals surface area contributed by atoms with E-state index in [1.54, 1.807) is 0 Å². The van der Waals surface area contributed by atoms with Crippen molar-refractivity contribution in [3.05, 3.63) is 40.7 Å². The summed E-state index contributed by atoms with van der Waals surface area (Å²) < 4.78 is 0. The molecule has 5 heteroatoms. The highest BCUT2D eigenvalue weighted by Crippen LogP contribution is 2.25. The second-order valence-electron chi connectivity index (χ2n) is 5.79. The topological polar surface area (TPSA) is 41.1 Å². The third kappa shape index (κ3) is 3.50. The predicted octanol–water partition coefficient (Wildman–Crippen LogP) is 4.48. The number of aromatic nitrogens is 2. The number of halogens is 1. The molecule has 2 heterocycles. The van der Waals surface area contributed by atoms with Gasteiger partial charge < -0.3 is 10.2 Å². The van der Waals surface area contributed by atoms with Gasteiger partial charge in [-0.25, -0.2) is 9.97 Å². The number of rotatable bonds is 3. The highest BCUT2D eigenvalue weighted by atomic mass is 35.5. The lowest BCUT2D eigenvalue weighted by Crippen LogP contribution is -2.30. The molecule has 1 aliphatic rings. The van der Waals surface area contributed by atoms with Gasteiger partial charge in [-0.2, -0.15) is 0 Å². The standard InChI is InChI=1S/C17H21ClN4/c1-12-10-14(18)6-7-15(12)21-16-11-17(20-13(2)19-16)22-8-4-3-5-9-22/h6-7,10-11H,3-5,8-9H2,1-2H3,(H,19,20,21). The summed E-state index contributed by atoms with van der Waals surface area (Å²) in [4.78, 5) is 11.4. The molecule has 116 valence electrons. The van der Waals surface area contributed by atoms with Gasteiger partial charge in [-0.05, 0) is 56.9 Å². The van der Waals surface area contributed by atoms with Crippen molar-refractivity contribution >= 4 is 28.9 Å². The summed E-state index contributed by atoms with van der Waals surface area (Å²) in [6, 6.07) is 7.85. The Kier molecular flexibility index (Phi) is 4.48. The fourth-order valence-electron chi connectivity index (χ4n) is 2.81. The Morgan fingerprint density at radius 2 is 1.82 bits per heavy atom. The van der Waals surface area contributed by atoms with Crippen LogP contribution in [0.15, 0.2) is 24.3 Å². The lowest BCUT2D eigenvalue weighted by atomic mass is 10.1. The van der Waals surface area contributed by atoms with Crippen molar-refractivity contribution in [2.45, 2.75) is 33.1 Å². The van der Waals surface area contributed by atoms with Gasteiger partial charge >= 0.3 is 0 Å². The van der Waals surface area contributed by atoms with Crippen LogP contribution in [0.5, 0.6) is 0 Å². The van der Waals surface area contributed by atoms with Crippen LogP contribution in [0.25, 0.3) is 0 Å². The maximum atomic E-state index is 6.01. The molecule has 0 radical (unpaired) electrons. The minimum Gasteiger partial charge on any atom is -0.356 e. The van der Waals surface area contributed by atoms with E-state index in [1.165, 1.54) is 19.3 Å². The fourth-order valence-corrected chi connectivity index (χ4v) is 3.03. The third-order valence-electron chi connectivity index (χ3n) is 3.96. The van der Waals surface area contributed by atoms with E-state index in [2.05, 4.69) is 20.2 Å². The number of hydrogen-bond donors (Lipinski definition) is 1. The molecule has 3 rings (SSSR count). The maximum absolute atomic E-state index is 6.01. The van der Waals surface area contributed by atoms with Crippen molar-refractivity contribution in [2.24, 2.45) is 0 Å². The second kappa shape index (κ2) is 6.53. The number of nitrogens with zero attached hydrogens (tertiary/aromatic N) is 3. The number of nitrogens with one attached hydrogen (secondary N) is 1. The highest BCUT2D eigenvalue weighted by molar-refractivity contribution is 6.30. The summed E-state index contributed by atoms with van der Waals surface area (Å²) in [5.74, 6) is 2.64. The van der Waals surface area contributed by atoms with E-state index in [0.717, 1.165) is 46.8 Å². The van der Waals surface area contributed by atoms with Crippen LogP contribution in [0.4, 0.5) is 17.3 Å². The van der Waals surface area contributed by atoms with E-state index in [4.69, 9.17) is 11.6 Å². The molecule has 1 fully saturated rings. The minimum absolute atomic E-state index is 0.746. The van der Waals surface area contributed by atoms with Gasteiger partial charge in [0.05, 0.1) is 0 Å². The number of anilines is 3. The van der Waals surface area contributed by atoms with Crippen molar-refractivity contribution in [3.63, 3.8) is 0 Å². The van der Waals surface area contributed by atoms with Crippen molar-refractivity contribution in [3.8, 4) is 0 Å². The molecule has 22 heavy (non-hydrogen) atoms. The van der Waals surface area contributed by atoms with E-state index in [0.29, 0.717) is 0 Å². The van der Waals surface area contributed by atoms with Gasteiger partial charge in [0, 0.05) is 29.9 Å². The van der Waals surface area contributed by atoms with Gasteiger partial charge in [0.1, 0.15) is 17.5 Å². The fraction of sp³-hybridized carbons (Fsp3) is 0.412. The molecule has 1 aromatic heterocycles. The van der Waals surface area contributed by atoms with Crippen LogP contribution in [0, 0.1) is 13.8 Å². The van der Waals surface area contributed by atoms with Crippen molar-refractivity contribution in [1.82, 2.24) is 9.97 Å². The molecule has 0 amide bonds. The Morgan fingerprint density at radius 1 is 1.05 bits per heavy atom. The van der Waals surface area contributed by atoms with E-state index >= 15 is 0 Å². The molecule has 0 spiro atoms. The summed E-state index contributed by atoms with van der Waals surface area (Å²) in [5.41, 5.74) is 2.12.